The van der Waals surface area contributed by atoms with Gasteiger partial charge in [-0.15, -0.1) is 0 Å². The fraction of sp³-hybridized carbons (Fsp3) is 0.933. The fourth-order valence-electron chi connectivity index (χ4n) is 3.88. The zero-order valence-corrected chi connectivity index (χ0v) is 11.3. The molecule has 0 aromatic rings. The van der Waals surface area contributed by atoms with Gasteiger partial charge < -0.3 is 14.2 Å². The summed E-state index contributed by atoms with van der Waals surface area (Å²) >= 11 is 0. The van der Waals surface area contributed by atoms with E-state index in [1.807, 2.05) is 0 Å². The Balaban J connectivity index is 1.22. The second-order valence-corrected chi connectivity index (χ2v) is 6.66. The molecular formula is C15H22O4. The normalized spacial score (nSPS) is 47.6. The summed E-state index contributed by atoms with van der Waals surface area (Å²) in [5, 5.41) is 0. The summed E-state index contributed by atoms with van der Waals surface area (Å²) in [6, 6.07) is 0. The number of hydrogen-bond acceptors (Lipinski definition) is 4. The molecule has 4 aliphatic rings. The largest absolute Gasteiger partial charge is 0.465 e. The second kappa shape index (κ2) is 4.74. The highest BCUT2D eigenvalue weighted by atomic mass is 16.6. The molecule has 0 N–H and O–H groups in total. The van der Waals surface area contributed by atoms with Crippen LogP contribution in [0.3, 0.4) is 0 Å². The first-order valence-electron chi connectivity index (χ1n) is 7.73. The first kappa shape index (κ1) is 12.2. The summed E-state index contributed by atoms with van der Waals surface area (Å²) in [5.74, 6) is 1.39. The van der Waals surface area contributed by atoms with Gasteiger partial charge in [0.2, 0.25) is 0 Å². The molecule has 0 bridgehead atoms. The van der Waals surface area contributed by atoms with Crippen LogP contribution in [0.15, 0.2) is 0 Å². The van der Waals surface area contributed by atoms with Crippen molar-refractivity contribution in [2.45, 2.75) is 56.8 Å². The summed E-state index contributed by atoms with van der Waals surface area (Å²) in [5.41, 5.74) is 0. The van der Waals surface area contributed by atoms with Gasteiger partial charge in [0.15, 0.2) is 0 Å². The number of carbonyl (C=O) groups excluding carboxylic acids is 1. The summed E-state index contributed by atoms with van der Waals surface area (Å²) in [6.45, 7) is 1.54. The lowest BCUT2D eigenvalue weighted by atomic mass is 9.77. The lowest BCUT2D eigenvalue weighted by Gasteiger charge is -2.43. The van der Waals surface area contributed by atoms with Crippen molar-refractivity contribution in [1.29, 1.82) is 0 Å². The summed E-state index contributed by atoms with van der Waals surface area (Å²) < 4.78 is 16.6. The quantitative estimate of drug-likeness (QED) is 0.578. The van der Waals surface area contributed by atoms with Gasteiger partial charge in [-0.1, -0.05) is 0 Å². The third-order valence-corrected chi connectivity index (χ3v) is 5.36. The summed E-state index contributed by atoms with van der Waals surface area (Å²) in [6.07, 6.45) is 7.62. The Labute approximate surface area is 113 Å². The number of fused-ring (bicyclic) bond motifs is 2. The number of rotatable bonds is 3. The summed E-state index contributed by atoms with van der Waals surface area (Å²) in [7, 11) is 0. The Hall–Kier alpha value is -0.610. The Morgan fingerprint density at radius 3 is 2.74 bits per heavy atom. The molecule has 0 amide bonds. The zero-order valence-electron chi connectivity index (χ0n) is 11.3. The van der Waals surface area contributed by atoms with Gasteiger partial charge in [-0.25, -0.2) is 0 Å². The SMILES string of the molecule is O=C(OCC1CCC2COC2C1)C1CCC2OC2C1. The van der Waals surface area contributed by atoms with E-state index in [-0.39, 0.29) is 11.9 Å². The number of epoxide rings is 1. The molecule has 2 heterocycles. The van der Waals surface area contributed by atoms with Crippen LogP contribution in [0.1, 0.15) is 38.5 Å². The maximum Gasteiger partial charge on any atom is 0.309 e. The molecule has 19 heavy (non-hydrogen) atoms. The van der Waals surface area contributed by atoms with Crippen LogP contribution in [-0.4, -0.2) is 37.5 Å². The van der Waals surface area contributed by atoms with Gasteiger partial charge in [0.05, 0.1) is 37.4 Å². The minimum atomic E-state index is 0.00519. The maximum atomic E-state index is 12.1. The molecule has 2 aliphatic carbocycles. The second-order valence-electron chi connectivity index (χ2n) is 6.66. The monoisotopic (exact) mass is 266 g/mol. The van der Waals surface area contributed by atoms with Gasteiger partial charge in [0.25, 0.3) is 0 Å². The van der Waals surface area contributed by atoms with Crippen LogP contribution >= 0.6 is 0 Å². The molecule has 2 saturated carbocycles. The molecule has 0 aromatic carbocycles. The number of hydrogen-bond donors (Lipinski definition) is 0. The van der Waals surface area contributed by atoms with Gasteiger partial charge in [0, 0.05) is 5.92 Å². The molecule has 6 atom stereocenters. The molecule has 2 saturated heterocycles. The van der Waals surface area contributed by atoms with Crippen LogP contribution in [0.5, 0.6) is 0 Å². The van der Waals surface area contributed by atoms with E-state index in [2.05, 4.69) is 0 Å². The van der Waals surface area contributed by atoms with Crippen molar-refractivity contribution >= 4 is 5.97 Å². The van der Waals surface area contributed by atoms with E-state index in [9.17, 15) is 4.79 Å². The molecule has 4 rings (SSSR count). The topological polar surface area (TPSA) is 48.1 Å². The van der Waals surface area contributed by atoms with Crippen LogP contribution in [-0.2, 0) is 19.0 Å². The Kier molecular flexibility index (Phi) is 3.03. The number of esters is 1. The molecule has 4 heteroatoms. The molecule has 0 radical (unpaired) electrons. The third-order valence-electron chi connectivity index (χ3n) is 5.36. The van der Waals surface area contributed by atoms with E-state index in [1.54, 1.807) is 0 Å². The molecule has 0 aromatic heterocycles. The highest BCUT2D eigenvalue weighted by molar-refractivity contribution is 5.72. The molecule has 106 valence electrons. The van der Waals surface area contributed by atoms with Crippen LogP contribution in [0, 0.1) is 17.8 Å². The van der Waals surface area contributed by atoms with Crippen molar-refractivity contribution in [3.8, 4) is 0 Å². The van der Waals surface area contributed by atoms with E-state index >= 15 is 0 Å². The van der Waals surface area contributed by atoms with Crippen molar-refractivity contribution in [2.24, 2.45) is 17.8 Å². The van der Waals surface area contributed by atoms with E-state index in [0.29, 0.717) is 30.8 Å². The van der Waals surface area contributed by atoms with Gasteiger partial charge >= 0.3 is 5.97 Å². The highest BCUT2D eigenvalue weighted by Gasteiger charge is 2.46. The maximum absolute atomic E-state index is 12.1. The van der Waals surface area contributed by atoms with Gasteiger partial charge in [-0.05, 0) is 44.4 Å². The summed E-state index contributed by atoms with van der Waals surface area (Å²) in [4.78, 5) is 12.1. The van der Waals surface area contributed by atoms with Crippen molar-refractivity contribution in [2.75, 3.05) is 13.2 Å². The Bertz CT molecular complexity index is 369. The van der Waals surface area contributed by atoms with E-state index in [1.165, 1.54) is 12.8 Å². The number of carbonyl (C=O) groups is 1. The van der Waals surface area contributed by atoms with Gasteiger partial charge in [0.1, 0.15) is 0 Å². The Morgan fingerprint density at radius 1 is 1.05 bits per heavy atom. The molecular weight excluding hydrogens is 244 g/mol. The predicted octanol–water partition coefficient (Wildman–Crippen LogP) is 1.91. The fourth-order valence-corrected chi connectivity index (χ4v) is 3.88. The van der Waals surface area contributed by atoms with E-state index in [4.69, 9.17) is 14.2 Å². The Morgan fingerprint density at radius 2 is 2.00 bits per heavy atom. The molecule has 0 spiro atoms. The van der Waals surface area contributed by atoms with Crippen LogP contribution in [0.25, 0.3) is 0 Å². The lowest BCUT2D eigenvalue weighted by Crippen LogP contribution is -2.45. The van der Waals surface area contributed by atoms with Gasteiger partial charge in [-0.2, -0.15) is 0 Å². The van der Waals surface area contributed by atoms with Crippen molar-refractivity contribution < 1.29 is 19.0 Å². The zero-order chi connectivity index (χ0) is 12.8. The molecule has 6 unspecified atom stereocenters. The molecule has 2 aliphatic heterocycles. The molecule has 4 nitrogen and oxygen atoms in total. The molecule has 4 fully saturated rings. The van der Waals surface area contributed by atoms with Crippen LogP contribution in [0.2, 0.25) is 0 Å². The van der Waals surface area contributed by atoms with E-state index < -0.39 is 0 Å². The number of ether oxygens (including phenoxy) is 3. The first-order valence-corrected chi connectivity index (χ1v) is 7.73. The third kappa shape index (κ3) is 2.40. The van der Waals surface area contributed by atoms with Crippen molar-refractivity contribution in [3.05, 3.63) is 0 Å². The minimum absolute atomic E-state index is 0.00519. The smallest absolute Gasteiger partial charge is 0.309 e. The van der Waals surface area contributed by atoms with Gasteiger partial charge in [-0.3, -0.25) is 4.79 Å². The van der Waals surface area contributed by atoms with Crippen molar-refractivity contribution in [1.82, 2.24) is 0 Å². The minimum Gasteiger partial charge on any atom is -0.465 e. The van der Waals surface area contributed by atoms with Crippen LogP contribution in [0.4, 0.5) is 0 Å². The average Bonchev–Trinajstić information content (AvgIpc) is 3.16. The lowest BCUT2D eigenvalue weighted by molar-refractivity contribution is -0.162. The standard InChI is InChI=1S/C15H22O4/c16-15(10-3-4-12-14(6-10)19-12)18-7-9-1-2-11-8-17-13(11)5-9/h9-14H,1-8H2. The average molecular weight is 266 g/mol. The first-order chi connectivity index (χ1) is 9.29. The van der Waals surface area contributed by atoms with Crippen LogP contribution < -0.4 is 0 Å². The highest BCUT2D eigenvalue weighted by Crippen LogP contribution is 2.40. The van der Waals surface area contributed by atoms with Crippen molar-refractivity contribution in [3.63, 3.8) is 0 Å². The predicted molar refractivity (Wildman–Crippen MR) is 67.5 cm³/mol. The van der Waals surface area contributed by atoms with E-state index in [0.717, 1.165) is 38.2 Å².